The highest BCUT2D eigenvalue weighted by Crippen LogP contribution is 2.23. The van der Waals surface area contributed by atoms with Crippen molar-refractivity contribution in [1.29, 1.82) is 0 Å². The second kappa shape index (κ2) is 4.73. The van der Waals surface area contributed by atoms with Gasteiger partial charge >= 0.3 is 0 Å². The number of carbonyl (C=O) groups is 1. The summed E-state index contributed by atoms with van der Waals surface area (Å²) in [5.41, 5.74) is 0.712. The Hall–Kier alpha value is -1.58. The van der Waals surface area contributed by atoms with Crippen LogP contribution in [0.25, 0.3) is 0 Å². The lowest BCUT2D eigenvalue weighted by Gasteiger charge is -2.04. The van der Waals surface area contributed by atoms with E-state index < -0.39 is 0 Å². The van der Waals surface area contributed by atoms with Crippen molar-refractivity contribution in [2.45, 2.75) is 0 Å². The number of pyridine rings is 1. The van der Waals surface area contributed by atoms with Crippen molar-refractivity contribution in [3.05, 3.63) is 69.1 Å². The molecule has 0 atom stereocenters. The van der Waals surface area contributed by atoms with Crippen LogP contribution in [-0.4, -0.2) is 5.78 Å². The van der Waals surface area contributed by atoms with Gasteiger partial charge in [-0.05, 0) is 18.2 Å². The molecule has 17 heavy (non-hydrogen) atoms. The average molecular weight is 268 g/mol. The van der Waals surface area contributed by atoms with E-state index in [0.29, 0.717) is 25.9 Å². The molecule has 1 heterocycles. The number of ketones is 1. The van der Waals surface area contributed by atoms with E-state index in [4.69, 9.17) is 23.2 Å². The topological polar surface area (TPSA) is 44.0 Å². The summed E-state index contributed by atoms with van der Waals surface area (Å²) in [6.45, 7) is 0. The maximum Gasteiger partial charge on any atom is 0.195 e. The van der Waals surface area contributed by atoms with Crippen LogP contribution in [0.5, 0.6) is 0 Å². The van der Waals surface area contributed by atoms with Crippen molar-refractivity contribution in [3.8, 4) is 0 Å². The van der Waals surface area contributed by atoms with Gasteiger partial charge < -0.3 is 5.21 Å². The van der Waals surface area contributed by atoms with Crippen LogP contribution in [0.3, 0.4) is 0 Å². The summed E-state index contributed by atoms with van der Waals surface area (Å²) in [7, 11) is 0. The molecule has 86 valence electrons. The third kappa shape index (κ3) is 2.57. The standard InChI is InChI=1S/C12H7Cl2NO2/c13-9-1-2-11(14)10(7-9)12(16)8-3-5-15(17)6-4-8/h1-7H. The molecule has 5 heteroatoms. The van der Waals surface area contributed by atoms with E-state index in [9.17, 15) is 10.0 Å². The Labute approximate surface area is 108 Å². The maximum absolute atomic E-state index is 12.1. The highest BCUT2D eigenvalue weighted by atomic mass is 35.5. The molecule has 0 saturated heterocycles. The summed E-state index contributed by atoms with van der Waals surface area (Å²) < 4.78 is 0.607. The van der Waals surface area contributed by atoms with Crippen LogP contribution >= 0.6 is 23.2 Å². The molecule has 0 fully saturated rings. The van der Waals surface area contributed by atoms with Crippen LogP contribution < -0.4 is 4.73 Å². The molecule has 2 rings (SSSR count). The quantitative estimate of drug-likeness (QED) is 0.477. The number of aromatic nitrogens is 1. The predicted molar refractivity (Wildman–Crippen MR) is 65.3 cm³/mol. The summed E-state index contributed by atoms with van der Waals surface area (Å²) in [5.74, 6) is -0.266. The van der Waals surface area contributed by atoms with Gasteiger partial charge in [0.1, 0.15) is 0 Å². The molecule has 1 aromatic heterocycles. The van der Waals surface area contributed by atoms with E-state index in [1.165, 1.54) is 30.6 Å². The Morgan fingerprint density at radius 1 is 1.12 bits per heavy atom. The molecule has 2 aromatic rings. The zero-order valence-corrected chi connectivity index (χ0v) is 10.1. The van der Waals surface area contributed by atoms with E-state index in [1.807, 2.05) is 0 Å². The van der Waals surface area contributed by atoms with Crippen LogP contribution in [-0.2, 0) is 0 Å². The van der Waals surface area contributed by atoms with E-state index in [0.717, 1.165) is 0 Å². The first-order valence-electron chi connectivity index (χ1n) is 4.76. The van der Waals surface area contributed by atoms with Crippen LogP contribution in [0.4, 0.5) is 0 Å². The van der Waals surface area contributed by atoms with E-state index in [1.54, 1.807) is 12.1 Å². The van der Waals surface area contributed by atoms with Gasteiger partial charge in [-0.15, -0.1) is 0 Å². The minimum absolute atomic E-state index is 0.266. The molecule has 0 saturated carbocycles. The van der Waals surface area contributed by atoms with Gasteiger partial charge in [-0.3, -0.25) is 4.79 Å². The lowest BCUT2D eigenvalue weighted by molar-refractivity contribution is -0.605. The number of nitrogens with zero attached hydrogens (tertiary/aromatic N) is 1. The SMILES string of the molecule is O=C(c1cc[n+]([O-])cc1)c1cc(Cl)ccc1Cl. The van der Waals surface area contributed by atoms with Gasteiger partial charge in [0.25, 0.3) is 0 Å². The minimum atomic E-state index is -0.266. The van der Waals surface area contributed by atoms with Gasteiger partial charge in [0.2, 0.25) is 0 Å². The smallest absolute Gasteiger partial charge is 0.195 e. The van der Waals surface area contributed by atoms with E-state index in [2.05, 4.69) is 0 Å². The highest BCUT2D eigenvalue weighted by Gasteiger charge is 2.14. The molecule has 0 spiro atoms. The van der Waals surface area contributed by atoms with Crippen LogP contribution in [0, 0.1) is 5.21 Å². The second-order valence-electron chi connectivity index (χ2n) is 3.40. The summed E-state index contributed by atoms with van der Waals surface area (Å²) in [6, 6.07) is 7.55. The number of hydrogen-bond donors (Lipinski definition) is 0. The summed E-state index contributed by atoms with van der Waals surface area (Å²) in [4.78, 5) is 12.1. The zero-order chi connectivity index (χ0) is 12.4. The largest absolute Gasteiger partial charge is 0.619 e. The Morgan fingerprint density at radius 2 is 1.76 bits per heavy atom. The van der Waals surface area contributed by atoms with Gasteiger partial charge in [0.15, 0.2) is 18.2 Å². The normalized spacial score (nSPS) is 10.2. The predicted octanol–water partition coefficient (Wildman–Crippen LogP) is 2.86. The lowest BCUT2D eigenvalue weighted by Crippen LogP contribution is -2.24. The first kappa shape index (κ1) is 11.9. The second-order valence-corrected chi connectivity index (χ2v) is 4.24. The third-order valence-corrected chi connectivity index (χ3v) is 2.80. The summed E-state index contributed by atoms with van der Waals surface area (Å²) >= 11 is 11.7. The Bertz CT molecular complexity index is 567. The third-order valence-electron chi connectivity index (χ3n) is 2.24. The first-order valence-corrected chi connectivity index (χ1v) is 5.52. The number of benzene rings is 1. The van der Waals surface area contributed by atoms with E-state index in [-0.39, 0.29) is 5.78 Å². The molecule has 0 radical (unpaired) electrons. The van der Waals surface area contributed by atoms with Crippen molar-refractivity contribution in [2.75, 3.05) is 0 Å². The van der Waals surface area contributed by atoms with Crippen molar-refractivity contribution in [2.24, 2.45) is 0 Å². The molecule has 0 bridgehead atoms. The van der Waals surface area contributed by atoms with Crippen LogP contribution in [0.2, 0.25) is 10.0 Å². The minimum Gasteiger partial charge on any atom is -0.619 e. The Balaban J connectivity index is 2.43. The lowest BCUT2D eigenvalue weighted by atomic mass is 10.0. The molecular formula is C12H7Cl2NO2. The van der Waals surface area contributed by atoms with Crippen molar-refractivity contribution >= 4 is 29.0 Å². The highest BCUT2D eigenvalue weighted by molar-refractivity contribution is 6.36. The molecule has 0 N–H and O–H groups in total. The maximum atomic E-state index is 12.1. The molecule has 3 nitrogen and oxygen atoms in total. The Kier molecular flexibility index (Phi) is 3.31. The first-order chi connectivity index (χ1) is 8.08. The fraction of sp³-hybridized carbons (Fsp3) is 0. The summed E-state index contributed by atoms with van der Waals surface area (Å²) in [5, 5.41) is 11.6. The van der Waals surface area contributed by atoms with Crippen molar-refractivity contribution in [3.63, 3.8) is 0 Å². The molecule has 0 unspecified atom stereocenters. The van der Waals surface area contributed by atoms with Crippen LogP contribution in [0.1, 0.15) is 15.9 Å². The number of rotatable bonds is 2. The number of carbonyl (C=O) groups excluding carboxylic acids is 1. The van der Waals surface area contributed by atoms with Crippen LogP contribution in [0.15, 0.2) is 42.7 Å². The summed E-state index contributed by atoms with van der Waals surface area (Å²) in [6.07, 6.45) is 2.51. The molecule has 0 aliphatic rings. The Morgan fingerprint density at radius 3 is 2.41 bits per heavy atom. The zero-order valence-electron chi connectivity index (χ0n) is 8.56. The fourth-order valence-corrected chi connectivity index (χ4v) is 1.77. The van der Waals surface area contributed by atoms with Gasteiger partial charge in [0, 0.05) is 28.3 Å². The van der Waals surface area contributed by atoms with Gasteiger partial charge in [-0.1, -0.05) is 23.2 Å². The monoisotopic (exact) mass is 267 g/mol. The number of halogens is 2. The van der Waals surface area contributed by atoms with E-state index >= 15 is 0 Å². The fourth-order valence-electron chi connectivity index (χ4n) is 1.39. The average Bonchev–Trinajstić information content (AvgIpc) is 2.32. The van der Waals surface area contributed by atoms with Gasteiger partial charge in [-0.2, -0.15) is 4.73 Å². The van der Waals surface area contributed by atoms with Gasteiger partial charge in [0.05, 0.1) is 5.02 Å². The van der Waals surface area contributed by atoms with Crippen molar-refractivity contribution < 1.29 is 9.52 Å². The molecular weight excluding hydrogens is 261 g/mol. The molecule has 0 amide bonds. The number of hydrogen-bond acceptors (Lipinski definition) is 2. The molecule has 0 aliphatic carbocycles. The van der Waals surface area contributed by atoms with Gasteiger partial charge in [-0.25, -0.2) is 0 Å². The molecule has 1 aromatic carbocycles. The molecule has 0 aliphatic heterocycles. The van der Waals surface area contributed by atoms with Crippen molar-refractivity contribution in [1.82, 2.24) is 0 Å².